The van der Waals surface area contributed by atoms with E-state index in [0.717, 1.165) is 77.0 Å². The molecule has 384 valence electrons. The summed E-state index contributed by atoms with van der Waals surface area (Å²) in [6.45, 7) is 4.13. The number of phosphoric ester groups is 1. The minimum Gasteiger partial charge on any atom is -0.457 e. The Balaban J connectivity index is 2.31. The van der Waals surface area contributed by atoms with Crippen molar-refractivity contribution in [2.24, 2.45) is 0 Å². The van der Waals surface area contributed by atoms with Gasteiger partial charge in [0, 0.05) is 13.0 Å². The van der Waals surface area contributed by atoms with Crippen LogP contribution in [0.4, 0.5) is 0 Å². The zero-order chi connectivity index (χ0) is 48.4. The monoisotopic (exact) mass is 955 g/mol. The molecule has 0 heterocycles. The summed E-state index contributed by atoms with van der Waals surface area (Å²) in [5.74, 6) is -0.495. The highest BCUT2D eigenvalue weighted by Gasteiger charge is 2.51. The van der Waals surface area contributed by atoms with Gasteiger partial charge >= 0.3 is 13.8 Å². The van der Waals surface area contributed by atoms with Gasteiger partial charge in [-0.15, -0.1) is 0 Å². The van der Waals surface area contributed by atoms with Gasteiger partial charge in [-0.1, -0.05) is 184 Å². The van der Waals surface area contributed by atoms with Crippen LogP contribution in [0.3, 0.4) is 0 Å². The minimum absolute atomic E-state index is 0.0864. The summed E-state index contributed by atoms with van der Waals surface area (Å²) in [5.41, 5.74) is 0. The highest BCUT2D eigenvalue weighted by Crippen LogP contribution is 2.47. The van der Waals surface area contributed by atoms with Crippen LogP contribution >= 0.6 is 7.82 Å². The van der Waals surface area contributed by atoms with Crippen molar-refractivity contribution in [2.75, 3.05) is 19.8 Å². The van der Waals surface area contributed by atoms with Gasteiger partial charge in [0.15, 0.2) is 0 Å². The molecule has 0 aliphatic heterocycles. The Kier molecular flexibility index (Phi) is 40.5. The Bertz CT molecular complexity index is 1320. The number of unbranched alkanes of at least 4 members (excludes halogenated alkanes) is 22. The van der Waals surface area contributed by atoms with Crippen LogP contribution in [-0.4, -0.2) is 98.9 Å². The number of aliphatic hydroxyl groups excluding tert-OH is 5. The number of carbonyl (C=O) groups excluding carboxylic acids is 1. The first kappa shape index (κ1) is 62.1. The maximum atomic E-state index is 12.8. The molecule has 0 radical (unpaired) electrons. The Hall–Kier alpha value is -1.96. The van der Waals surface area contributed by atoms with E-state index in [1.165, 1.54) is 103 Å². The Labute approximate surface area is 400 Å². The number of rotatable bonds is 44. The molecule has 1 aliphatic carbocycles. The average Bonchev–Trinajstić information content (AvgIpc) is 3.30. The molecule has 0 amide bonds. The van der Waals surface area contributed by atoms with Crippen LogP contribution in [0, 0.1) is 0 Å². The molecule has 1 rings (SSSR count). The van der Waals surface area contributed by atoms with Gasteiger partial charge in [0.25, 0.3) is 0 Å². The number of hydrogen-bond acceptors (Lipinski definition) is 11. The van der Waals surface area contributed by atoms with Crippen LogP contribution in [0.15, 0.2) is 60.8 Å². The first-order chi connectivity index (χ1) is 32.0. The van der Waals surface area contributed by atoms with Gasteiger partial charge in [0.05, 0.1) is 13.2 Å². The second-order valence-corrected chi connectivity index (χ2v) is 19.4. The molecule has 13 heteroatoms. The second kappa shape index (κ2) is 43.1. The summed E-state index contributed by atoms with van der Waals surface area (Å²) in [4.78, 5) is 23.2. The molecule has 1 aliphatic rings. The third-order valence-corrected chi connectivity index (χ3v) is 12.9. The van der Waals surface area contributed by atoms with Gasteiger partial charge in [-0.2, -0.15) is 0 Å². The molecule has 0 aromatic heterocycles. The highest BCUT2D eigenvalue weighted by atomic mass is 31.2. The zero-order valence-corrected chi connectivity index (χ0v) is 42.1. The quantitative estimate of drug-likeness (QED) is 0.0147. The van der Waals surface area contributed by atoms with Crippen molar-refractivity contribution in [3.63, 3.8) is 0 Å². The van der Waals surface area contributed by atoms with Crippen molar-refractivity contribution < 1.29 is 58.3 Å². The summed E-state index contributed by atoms with van der Waals surface area (Å²) in [7, 11) is -5.03. The number of hydrogen-bond donors (Lipinski definition) is 6. The molecule has 6 unspecified atom stereocenters. The van der Waals surface area contributed by atoms with E-state index in [1.54, 1.807) is 0 Å². The number of esters is 1. The largest absolute Gasteiger partial charge is 0.472 e. The summed E-state index contributed by atoms with van der Waals surface area (Å²) in [5, 5.41) is 50.3. The molecule has 1 saturated carbocycles. The fourth-order valence-corrected chi connectivity index (χ4v) is 8.73. The number of carbonyl (C=O) groups is 1. The third-order valence-electron chi connectivity index (χ3n) is 11.9. The number of allylic oxidation sites excluding steroid dienone is 10. The third kappa shape index (κ3) is 34.3. The standard InChI is InChI=1S/C53H95O12P/c1-3-5-7-9-11-13-15-17-19-20-21-22-23-24-25-26-27-29-31-33-35-37-39-41-43-62-44-46(45-63-66(60,61)65-53-51(58)49(56)48(55)50(57)52(53)59)64-47(54)42-40-38-36-34-32-30-28-18-16-14-12-10-8-6-4-2/h6,8,12,14-15,17-18,20-21,28,46,48-53,55-59H,3-5,7,9-11,13,16,19,22-27,29-45H2,1-2H3,(H,60,61)/b8-6-,14-12-,17-15-,21-20-,28-18-. The van der Waals surface area contributed by atoms with E-state index in [4.69, 9.17) is 18.5 Å². The normalized spacial score (nSPS) is 21.9. The molecule has 0 saturated heterocycles. The lowest BCUT2D eigenvalue weighted by Crippen LogP contribution is -2.64. The fraction of sp³-hybridized carbons (Fsp3) is 0.792. The van der Waals surface area contributed by atoms with Gasteiger partial charge in [0.2, 0.25) is 0 Å². The first-order valence-electron chi connectivity index (χ1n) is 26.1. The maximum absolute atomic E-state index is 12.8. The van der Waals surface area contributed by atoms with Gasteiger partial charge in [-0.25, -0.2) is 4.57 Å². The smallest absolute Gasteiger partial charge is 0.457 e. The second-order valence-electron chi connectivity index (χ2n) is 18.0. The van der Waals surface area contributed by atoms with Gasteiger partial charge in [0.1, 0.15) is 42.7 Å². The minimum atomic E-state index is -5.03. The van der Waals surface area contributed by atoms with E-state index in [9.17, 15) is 39.8 Å². The number of aliphatic hydroxyl groups is 5. The lowest BCUT2D eigenvalue weighted by atomic mass is 9.85. The zero-order valence-electron chi connectivity index (χ0n) is 41.2. The van der Waals surface area contributed by atoms with Crippen molar-refractivity contribution in [1.29, 1.82) is 0 Å². The Morgan fingerprint density at radius 3 is 1.36 bits per heavy atom. The summed E-state index contributed by atoms with van der Waals surface area (Å²) in [6.07, 6.45) is 42.9. The van der Waals surface area contributed by atoms with Crippen molar-refractivity contribution in [3.8, 4) is 0 Å². The van der Waals surface area contributed by atoms with E-state index in [0.29, 0.717) is 13.0 Å². The van der Waals surface area contributed by atoms with Crippen molar-refractivity contribution in [1.82, 2.24) is 0 Å². The van der Waals surface area contributed by atoms with Crippen molar-refractivity contribution in [2.45, 2.75) is 249 Å². The SMILES string of the molecule is CC/C=C\C/C=C\C/C=C\CCCCCCCC(=O)OC(COCCCCCCCCCCCCCC/C=C\C/C=C\CCCCCCC)COP(=O)(O)OC1C(O)C(O)C(O)C(O)C1O. The topological polar surface area (TPSA) is 192 Å². The maximum Gasteiger partial charge on any atom is 0.472 e. The fourth-order valence-electron chi connectivity index (χ4n) is 7.75. The summed E-state index contributed by atoms with van der Waals surface area (Å²) < 4.78 is 34.3. The van der Waals surface area contributed by atoms with Crippen molar-refractivity contribution >= 4 is 13.8 Å². The van der Waals surface area contributed by atoms with Crippen LogP contribution in [-0.2, 0) is 27.9 Å². The van der Waals surface area contributed by atoms with Crippen LogP contribution in [0.2, 0.25) is 0 Å². The summed E-state index contributed by atoms with van der Waals surface area (Å²) >= 11 is 0. The molecular formula is C53H95O12P. The number of phosphoric acid groups is 1. The Morgan fingerprint density at radius 2 is 0.894 bits per heavy atom. The van der Waals surface area contributed by atoms with Crippen LogP contribution < -0.4 is 0 Å². The lowest BCUT2D eigenvalue weighted by molar-refractivity contribution is -0.220. The molecule has 0 spiro atoms. The highest BCUT2D eigenvalue weighted by molar-refractivity contribution is 7.47. The molecule has 6 N–H and O–H groups in total. The molecular weight excluding hydrogens is 860 g/mol. The first-order valence-corrected chi connectivity index (χ1v) is 27.6. The predicted octanol–water partition coefficient (Wildman–Crippen LogP) is 11.8. The molecule has 1 fully saturated rings. The van der Waals surface area contributed by atoms with Crippen molar-refractivity contribution in [3.05, 3.63) is 60.8 Å². The van der Waals surface area contributed by atoms with Gasteiger partial charge < -0.3 is 39.9 Å². The molecule has 6 atom stereocenters. The van der Waals surface area contributed by atoms with Crippen LogP contribution in [0.1, 0.15) is 206 Å². The van der Waals surface area contributed by atoms with Crippen LogP contribution in [0.25, 0.3) is 0 Å². The molecule has 0 aromatic carbocycles. The van der Waals surface area contributed by atoms with E-state index in [1.807, 2.05) is 0 Å². The molecule has 0 bridgehead atoms. The summed E-state index contributed by atoms with van der Waals surface area (Å²) in [6, 6.07) is 0. The van der Waals surface area contributed by atoms with Crippen LogP contribution in [0.5, 0.6) is 0 Å². The molecule has 12 nitrogen and oxygen atoms in total. The van der Waals surface area contributed by atoms with E-state index >= 15 is 0 Å². The van der Waals surface area contributed by atoms with E-state index < -0.39 is 63.1 Å². The molecule has 66 heavy (non-hydrogen) atoms. The molecule has 0 aromatic rings. The lowest BCUT2D eigenvalue weighted by Gasteiger charge is -2.41. The van der Waals surface area contributed by atoms with Gasteiger partial charge in [-0.3, -0.25) is 13.8 Å². The predicted molar refractivity (Wildman–Crippen MR) is 267 cm³/mol. The average molecular weight is 955 g/mol. The Morgan fingerprint density at radius 1 is 0.500 bits per heavy atom. The number of ether oxygens (including phenoxy) is 2. The van der Waals surface area contributed by atoms with Gasteiger partial charge in [-0.05, 0) is 77.0 Å². The van der Waals surface area contributed by atoms with E-state index in [2.05, 4.69) is 74.6 Å². The van der Waals surface area contributed by atoms with E-state index in [-0.39, 0.29) is 13.0 Å².